The number of halogens is 1. The summed E-state index contributed by atoms with van der Waals surface area (Å²) in [6, 6.07) is 10.3. The van der Waals surface area contributed by atoms with Gasteiger partial charge in [0.05, 0.1) is 19.1 Å². The first-order valence-corrected chi connectivity index (χ1v) is 10.8. The summed E-state index contributed by atoms with van der Waals surface area (Å²) in [4.78, 5) is 40.2. The van der Waals surface area contributed by atoms with Gasteiger partial charge in [-0.05, 0) is 61.4 Å². The summed E-state index contributed by atoms with van der Waals surface area (Å²) in [5, 5.41) is 5.50. The molecule has 2 N–H and O–H groups in total. The number of amides is 3. The molecule has 172 valence electrons. The monoisotopic (exact) mass is 453 g/mol. The summed E-state index contributed by atoms with van der Waals surface area (Å²) >= 11 is 0. The van der Waals surface area contributed by atoms with Crippen molar-refractivity contribution in [1.29, 1.82) is 0 Å². The largest absolute Gasteiger partial charge is 0.467 e. The minimum atomic E-state index is -1.14. The van der Waals surface area contributed by atoms with Crippen LogP contribution in [0.1, 0.15) is 48.0 Å². The van der Waals surface area contributed by atoms with Crippen molar-refractivity contribution in [2.24, 2.45) is 0 Å². The van der Waals surface area contributed by atoms with Gasteiger partial charge in [0.25, 0.3) is 11.8 Å². The van der Waals surface area contributed by atoms with Crippen molar-refractivity contribution >= 4 is 23.4 Å². The lowest BCUT2D eigenvalue weighted by Crippen LogP contribution is -2.49. The van der Waals surface area contributed by atoms with Crippen LogP contribution in [0.3, 0.4) is 0 Å². The van der Waals surface area contributed by atoms with E-state index in [1.165, 1.54) is 47.8 Å². The van der Waals surface area contributed by atoms with Gasteiger partial charge in [0.15, 0.2) is 11.8 Å². The van der Waals surface area contributed by atoms with Gasteiger partial charge < -0.3 is 19.5 Å². The number of carbonyl (C=O) groups excluding carboxylic acids is 3. The van der Waals surface area contributed by atoms with Gasteiger partial charge in [-0.2, -0.15) is 0 Å². The van der Waals surface area contributed by atoms with E-state index >= 15 is 0 Å². The van der Waals surface area contributed by atoms with Crippen molar-refractivity contribution in [3.63, 3.8) is 0 Å². The molecular weight excluding hydrogens is 429 g/mol. The number of nitrogens with zero attached hydrogens (tertiary/aromatic N) is 1. The zero-order valence-electron chi connectivity index (χ0n) is 17.8. The van der Waals surface area contributed by atoms with Crippen LogP contribution in [0, 0.1) is 5.82 Å². The molecule has 1 aromatic carbocycles. The normalized spacial score (nSPS) is 14.6. The maximum atomic E-state index is 13.6. The second-order valence-electron chi connectivity index (χ2n) is 7.81. The van der Waals surface area contributed by atoms with Crippen LogP contribution < -0.4 is 15.5 Å². The smallest absolute Gasteiger partial charge is 0.287 e. The fourth-order valence-corrected chi connectivity index (χ4v) is 3.95. The Morgan fingerprint density at radius 3 is 2.33 bits per heavy atom. The molecule has 0 aliphatic heterocycles. The molecule has 2 heterocycles. The number of furan rings is 2. The molecular formula is C24H24FN3O5. The summed E-state index contributed by atoms with van der Waals surface area (Å²) in [7, 11) is 0. The van der Waals surface area contributed by atoms with Gasteiger partial charge in [-0.3, -0.25) is 19.3 Å². The Kier molecular flexibility index (Phi) is 6.87. The summed E-state index contributed by atoms with van der Waals surface area (Å²) in [5.41, 5.74) is 0.289. The first-order chi connectivity index (χ1) is 16.0. The highest BCUT2D eigenvalue weighted by Crippen LogP contribution is 2.29. The van der Waals surface area contributed by atoms with E-state index in [9.17, 15) is 18.8 Å². The summed E-state index contributed by atoms with van der Waals surface area (Å²) in [5.74, 6) is -1.74. The molecule has 1 aliphatic rings. The number of rotatable bonds is 8. The van der Waals surface area contributed by atoms with Crippen LogP contribution in [0.5, 0.6) is 0 Å². The molecule has 0 radical (unpaired) electrons. The zero-order chi connectivity index (χ0) is 23.2. The predicted octanol–water partition coefficient (Wildman–Crippen LogP) is 3.57. The highest BCUT2D eigenvalue weighted by Gasteiger charge is 2.36. The molecule has 1 fully saturated rings. The quantitative estimate of drug-likeness (QED) is 0.543. The summed E-state index contributed by atoms with van der Waals surface area (Å²) in [6.07, 6.45) is 6.53. The Hall–Kier alpha value is -3.88. The van der Waals surface area contributed by atoms with Crippen LogP contribution in [0.4, 0.5) is 10.1 Å². The van der Waals surface area contributed by atoms with E-state index in [2.05, 4.69) is 10.6 Å². The molecule has 33 heavy (non-hydrogen) atoms. The third-order valence-corrected chi connectivity index (χ3v) is 5.54. The number of hydrogen-bond donors (Lipinski definition) is 2. The molecule has 0 bridgehead atoms. The van der Waals surface area contributed by atoms with Crippen molar-refractivity contribution in [1.82, 2.24) is 10.6 Å². The van der Waals surface area contributed by atoms with Crippen molar-refractivity contribution in [2.75, 3.05) is 11.4 Å². The standard InChI is InChI=1S/C24H24FN3O5/c25-16-9-11-18(12-10-16)28(21(29)15-26-23(30)20-8-4-14-33-20)22(19-7-3-13-32-19)24(31)27-17-5-1-2-6-17/h3-4,7-14,17,22H,1-2,5-6,15H2,(H,26,30)(H,27,31). The number of nitrogens with one attached hydrogen (secondary N) is 2. The van der Waals surface area contributed by atoms with Crippen molar-refractivity contribution in [3.05, 3.63) is 78.4 Å². The number of hydrogen-bond acceptors (Lipinski definition) is 5. The lowest BCUT2D eigenvalue weighted by atomic mass is 10.1. The molecule has 8 nitrogen and oxygen atoms in total. The molecule has 4 rings (SSSR count). The molecule has 0 saturated heterocycles. The average Bonchev–Trinajstić information content (AvgIpc) is 3.60. The lowest BCUT2D eigenvalue weighted by Gasteiger charge is -2.31. The Bertz CT molecular complexity index is 1070. The molecule has 1 unspecified atom stereocenters. The number of benzene rings is 1. The molecule has 0 spiro atoms. The third kappa shape index (κ3) is 5.31. The van der Waals surface area contributed by atoms with Gasteiger partial charge in [-0.15, -0.1) is 0 Å². The molecule has 9 heteroatoms. The van der Waals surface area contributed by atoms with Crippen LogP contribution >= 0.6 is 0 Å². The van der Waals surface area contributed by atoms with Crippen LogP contribution in [0.25, 0.3) is 0 Å². The maximum absolute atomic E-state index is 13.6. The molecule has 3 aromatic rings. The molecule has 2 aromatic heterocycles. The van der Waals surface area contributed by atoms with Crippen LogP contribution in [-0.2, 0) is 9.59 Å². The highest BCUT2D eigenvalue weighted by atomic mass is 19.1. The number of anilines is 1. The SMILES string of the molecule is O=C(NCC(=O)N(c1ccc(F)cc1)C(C(=O)NC1CCCC1)c1ccco1)c1ccco1. The first-order valence-electron chi connectivity index (χ1n) is 10.8. The predicted molar refractivity (Wildman–Crippen MR) is 117 cm³/mol. The van der Waals surface area contributed by atoms with E-state index in [1.54, 1.807) is 18.2 Å². The van der Waals surface area contributed by atoms with Crippen molar-refractivity contribution in [3.8, 4) is 0 Å². The van der Waals surface area contributed by atoms with Gasteiger partial charge >= 0.3 is 0 Å². The Morgan fingerprint density at radius 1 is 1.00 bits per heavy atom. The van der Waals surface area contributed by atoms with Gasteiger partial charge in [0.2, 0.25) is 5.91 Å². The van der Waals surface area contributed by atoms with E-state index in [4.69, 9.17) is 8.83 Å². The van der Waals surface area contributed by atoms with Gasteiger partial charge in [-0.1, -0.05) is 12.8 Å². The maximum Gasteiger partial charge on any atom is 0.287 e. The second kappa shape index (κ2) is 10.2. The first kappa shape index (κ1) is 22.3. The van der Waals surface area contributed by atoms with E-state index in [0.29, 0.717) is 0 Å². The molecule has 1 aliphatic carbocycles. The van der Waals surface area contributed by atoms with E-state index in [0.717, 1.165) is 25.7 Å². The third-order valence-electron chi connectivity index (χ3n) is 5.54. The van der Waals surface area contributed by atoms with Gasteiger partial charge in [0.1, 0.15) is 11.6 Å². The topological polar surface area (TPSA) is 105 Å². The average molecular weight is 453 g/mol. The molecule has 3 amide bonds. The minimum absolute atomic E-state index is 0.0128. The molecule has 1 saturated carbocycles. The second-order valence-corrected chi connectivity index (χ2v) is 7.81. The molecule has 1 atom stereocenters. The summed E-state index contributed by atoms with van der Waals surface area (Å²) < 4.78 is 24.2. The Balaban J connectivity index is 1.63. The van der Waals surface area contributed by atoms with E-state index in [1.807, 2.05) is 0 Å². The van der Waals surface area contributed by atoms with Crippen LogP contribution in [0.2, 0.25) is 0 Å². The van der Waals surface area contributed by atoms with Gasteiger partial charge in [-0.25, -0.2) is 4.39 Å². The number of carbonyl (C=O) groups is 3. The van der Waals surface area contributed by atoms with Crippen molar-refractivity contribution in [2.45, 2.75) is 37.8 Å². The summed E-state index contributed by atoms with van der Waals surface area (Å²) in [6.45, 7) is -0.412. The fraction of sp³-hybridized carbons (Fsp3) is 0.292. The zero-order valence-corrected chi connectivity index (χ0v) is 17.8. The highest BCUT2D eigenvalue weighted by molar-refractivity contribution is 6.04. The lowest BCUT2D eigenvalue weighted by molar-refractivity contribution is -0.127. The minimum Gasteiger partial charge on any atom is -0.467 e. The van der Waals surface area contributed by atoms with Crippen LogP contribution in [0.15, 0.2) is 69.9 Å². The fourth-order valence-electron chi connectivity index (χ4n) is 3.95. The van der Waals surface area contributed by atoms with Crippen LogP contribution in [-0.4, -0.2) is 30.3 Å². The Morgan fingerprint density at radius 2 is 1.70 bits per heavy atom. The van der Waals surface area contributed by atoms with Crippen molar-refractivity contribution < 1.29 is 27.6 Å². The van der Waals surface area contributed by atoms with E-state index < -0.39 is 36.1 Å². The van der Waals surface area contributed by atoms with Gasteiger partial charge in [0, 0.05) is 11.7 Å². The van der Waals surface area contributed by atoms with E-state index in [-0.39, 0.29) is 23.2 Å². The Labute approximate surface area is 189 Å².